The predicted octanol–water partition coefficient (Wildman–Crippen LogP) is 4.99. The topological polar surface area (TPSA) is 40.4 Å². The van der Waals surface area contributed by atoms with E-state index in [-0.39, 0.29) is 5.97 Å². The van der Waals surface area contributed by atoms with Gasteiger partial charge in [0.1, 0.15) is 0 Å². The van der Waals surface area contributed by atoms with E-state index in [1.807, 2.05) is 45.3 Å². The number of ether oxygens (including phenoxy) is 1. The molecule has 0 aliphatic carbocycles. The predicted molar refractivity (Wildman–Crippen MR) is 93.6 cm³/mol. The van der Waals surface area contributed by atoms with Crippen molar-refractivity contribution in [2.45, 2.75) is 73.6 Å². The first-order chi connectivity index (χ1) is 10.6. The van der Waals surface area contributed by atoms with Crippen molar-refractivity contribution in [3.8, 4) is 0 Å². The van der Waals surface area contributed by atoms with Crippen LogP contribution in [0.1, 0.15) is 72.3 Å². The Hall–Kier alpha value is -1.38. The number of nitrogens with one attached hydrogen (secondary N) is 1. The highest BCUT2D eigenvalue weighted by molar-refractivity contribution is 5.68. The van der Waals surface area contributed by atoms with Gasteiger partial charge in [0.2, 0.25) is 0 Å². The first-order valence-electron chi connectivity index (χ1n) is 8.72. The van der Waals surface area contributed by atoms with Crippen molar-refractivity contribution in [1.29, 1.82) is 0 Å². The van der Waals surface area contributed by atoms with Crippen LogP contribution >= 0.6 is 0 Å². The zero-order valence-electron chi connectivity index (χ0n) is 15.4. The first kappa shape index (κ1) is 22.9. The minimum absolute atomic E-state index is 0.0741. The summed E-state index contributed by atoms with van der Waals surface area (Å²) in [6.07, 6.45) is 9.07. The Morgan fingerprint density at radius 2 is 1.77 bits per heavy atom. The maximum atomic E-state index is 10.9. The van der Waals surface area contributed by atoms with Crippen LogP contribution in [-0.2, 0) is 9.53 Å². The molecule has 0 aliphatic heterocycles. The van der Waals surface area contributed by atoms with Gasteiger partial charge in [-0.2, -0.15) is 0 Å². The van der Waals surface area contributed by atoms with E-state index in [2.05, 4.69) is 25.8 Å². The Morgan fingerprint density at radius 3 is 2.14 bits per heavy atom. The maximum Gasteiger partial charge on any atom is 0.305 e. The van der Waals surface area contributed by atoms with Crippen LogP contribution in [0, 0.1) is 12.8 Å². The monoisotopic (exact) mass is 310 g/mol. The molecule has 1 aromatic heterocycles. The van der Waals surface area contributed by atoms with Crippen LogP contribution in [0.2, 0.25) is 0 Å². The van der Waals surface area contributed by atoms with Gasteiger partial charge < -0.3 is 4.74 Å². The lowest BCUT2D eigenvalue weighted by atomic mass is 10.0. The van der Waals surface area contributed by atoms with Gasteiger partial charge in [-0.1, -0.05) is 53.9 Å². The van der Waals surface area contributed by atoms with Crippen LogP contribution < -0.4 is 4.98 Å². The lowest BCUT2D eigenvalue weighted by Gasteiger charge is -2.13. The zero-order valence-corrected chi connectivity index (χ0v) is 15.4. The van der Waals surface area contributed by atoms with Crippen molar-refractivity contribution in [2.24, 2.45) is 5.92 Å². The zero-order chi connectivity index (χ0) is 17.2. The van der Waals surface area contributed by atoms with Crippen LogP contribution in [0.3, 0.4) is 0 Å². The molecular weight excluding hydrogens is 274 g/mol. The van der Waals surface area contributed by atoms with Crippen molar-refractivity contribution in [1.82, 2.24) is 0 Å². The molecule has 1 atom stereocenters. The molecule has 1 N–H and O–H groups in total. The van der Waals surface area contributed by atoms with E-state index in [9.17, 15) is 4.79 Å². The summed E-state index contributed by atoms with van der Waals surface area (Å²) in [5.41, 5.74) is 1.29. The van der Waals surface area contributed by atoms with Gasteiger partial charge in [-0.05, 0) is 24.8 Å². The summed E-state index contributed by atoms with van der Waals surface area (Å²) in [4.78, 5) is 13.8. The van der Waals surface area contributed by atoms with E-state index in [0.717, 1.165) is 6.42 Å². The molecule has 0 saturated heterocycles. The second kappa shape index (κ2) is 17.7. The molecule has 0 radical (unpaired) electrons. The van der Waals surface area contributed by atoms with Gasteiger partial charge in [0.05, 0.1) is 6.61 Å². The van der Waals surface area contributed by atoms with Gasteiger partial charge in [-0.3, -0.25) is 4.79 Å². The van der Waals surface area contributed by atoms with E-state index < -0.39 is 0 Å². The molecule has 0 amide bonds. The number of esters is 1. The lowest BCUT2D eigenvalue weighted by molar-refractivity contribution is -0.378. The van der Waals surface area contributed by atoms with Crippen LogP contribution in [0.4, 0.5) is 0 Å². The van der Waals surface area contributed by atoms with Crippen molar-refractivity contribution in [3.63, 3.8) is 0 Å². The molecule has 3 nitrogen and oxygen atoms in total. The Morgan fingerprint density at radius 1 is 1.18 bits per heavy atom. The summed E-state index contributed by atoms with van der Waals surface area (Å²) < 4.78 is 5.10. The molecule has 22 heavy (non-hydrogen) atoms. The number of aromatic nitrogens is 1. The fourth-order valence-electron chi connectivity index (χ4n) is 1.68. The van der Waals surface area contributed by atoms with Crippen molar-refractivity contribution >= 4 is 5.97 Å². The number of unbranched alkanes of at least 4 members (excludes halogenated alkanes) is 1. The quantitative estimate of drug-likeness (QED) is 0.665. The Kier molecular flexibility index (Phi) is 18.4. The number of hydrogen-bond acceptors (Lipinski definition) is 2. The van der Waals surface area contributed by atoms with Gasteiger partial charge in [0, 0.05) is 18.6 Å². The molecule has 0 aromatic carbocycles. The maximum absolute atomic E-state index is 10.9. The normalized spacial score (nSPS) is 10.5. The number of H-pyrrole nitrogens is 1. The van der Waals surface area contributed by atoms with Crippen LogP contribution in [0.5, 0.6) is 0 Å². The third-order valence-electron chi connectivity index (χ3n) is 3.20. The van der Waals surface area contributed by atoms with E-state index in [1.54, 1.807) is 0 Å². The van der Waals surface area contributed by atoms with Gasteiger partial charge in [-0.25, -0.2) is 4.98 Å². The van der Waals surface area contributed by atoms with E-state index in [4.69, 9.17) is 4.74 Å². The SMILES string of the molecule is CC.CCCCC(CC)COC(=O)CC.Cc1cc[nH+]cc1. The highest BCUT2D eigenvalue weighted by Crippen LogP contribution is 2.12. The van der Waals surface area contributed by atoms with E-state index in [0.29, 0.717) is 18.9 Å². The summed E-state index contributed by atoms with van der Waals surface area (Å²) in [6.45, 7) is 12.8. The molecule has 0 spiro atoms. The molecule has 1 unspecified atom stereocenters. The average molecular weight is 311 g/mol. The highest BCUT2D eigenvalue weighted by Gasteiger charge is 2.08. The largest absolute Gasteiger partial charge is 0.465 e. The number of carbonyl (C=O) groups is 1. The summed E-state index contributed by atoms with van der Waals surface area (Å²) in [7, 11) is 0. The molecule has 3 heteroatoms. The highest BCUT2D eigenvalue weighted by atomic mass is 16.5. The molecule has 0 saturated carbocycles. The molecule has 128 valence electrons. The van der Waals surface area contributed by atoms with Crippen molar-refractivity contribution in [3.05, 3.63) is 30.1 Å². The Balaban J connectivity index is 0. The summed E-state index contributed by atoms with van der Waals surface area (Å²) in [5, 5.41) is 0. The fourth-order valence-corrected chi connectivity index (χ4v) is 1.68. The summed E-state index contributed by atoms with van der Waals surface area (Å²) in [5.74, 6) is 0.491. The number of aromatic amines is 1. The van der Waals surface area contributed by atoms with Gasteiger partial charge in [0.25, 0.3) is 0 Å². The fraction of sp³-hybridized carbons (Fsp3) is 0.684. The Bertz CT molecular complexity index is 339. The molecular formula is C19H36NO2+. The second-order valence-electron chi connectivity index (χ2n) is 5.03. The minimum Gasteiger partial charge on any atom is -0.465 e. The van der Waals surface area contributed by atoms with E-state index in [1.165, 1.54) is 24.8 Å². The van der Waals surface area contributed by atoms with Crippen molar-refractivity contribution in [2.75, 3.05) is 6.61 Å². The standard InChI is InChI=1S/C11H22O2.C6H7N.C2H6/c1-4-7-8-10(5-2)9-13-11(12)6-3;1-6-2-4-7-5-3-6;1-2/h10H,4-9H2,1-3H3;2-5H,1H3;1-2H3/p+1. The summed E-state index contributed by atoms with van der Waals surface area (Å²) >= 11 is 0. The van der Waals surface area contributed by atoms with Gasteiger partial charge >= 0.3 is 5.97 Å². The lowest BCUT2D eigenvalue weighted by Crippen LogP contribution is -2.12. The van der Waals surface area contributed by atoms with Crippen LogP contribution in [-0.4, -0.2) is 12.6 Å². The van der Waals surface area contributed by atoms with Gasteiger partial charge in [0.15, 0.2) is 12.4 Å². The molecule has 1 heterocycles. The van der Waals surface area contributed by atoms with Crippen molar-refractivity contribution < 1.29 is 14.5 Å². The smallest absolute Gasteiger partial charge is 0.305 e. The number of carbonyl (C=O) groups excluding carboxylic acids is 1. The average Bonchev–Trinajstić information content (AvgIpc) is 2.58. The number of aryl methyl sites for hydroxylation is 1. The van der Waals surface area contributed by atoms with Crippen LogP contribution in [0.25, 0.3) is 0 Å². The molecule has 0 aliphatic rings. The molecule has 1 aromatic rings. The minimum atomic E-state index is -0.0741. The van der Waals surface area contributed by atoms with E-state index >= 15 is 0 Å². The molecule has 1 rings (SSSR count). The summed E-state index contributed by atoms with van der Waals surface area (Å²) in [6, 6.07) is 4.06. The second-order valence-corrected chi connectivity index (χ2v) is 5.03. The molecule has 0 fully saturated rings. The Labute approximate surface area is 137 Å². The third-order valence-corrected chi connectivity index (χ3v) is 3.20. The first-order valence-corrected chi connectivity index (χ1v) is 8.72. The number of hydrogen-bond donors (Lipinski definition) is 0. The number of pyridine rings is 1. The number of rotatable bonds is 7. The van der Waals surface area contributed by atoms with Crippen LogP contribution in [0.15, 0.2) is 24.5 Å². The third kappa shape index (κ3) is 15.0. The molecule has 0 bridgehead atoms. The van der Waals surface area contributed by atoms with Gasteiger partial charge in [-0.15, -0.1) is 0 Å².